The number of hydrazone groups is 1. The number of rotatable bonds is 9. The molecule has 3 rings (SSSR count). The number of ether oxygens (including phenoxy) is 2. The summed E-state index contributed by atoms with van der Waals surface area (Å²) >= 11 is 0. The smallest absolute Gasteiger partial charge is 0.344 e. The molecule has 0 aliphatic carbocycles. The number of fused-ring (bicyclic) bond motifs is 1. The summed E-state index contributed by atoms with van der Waals surface area (Å²) in [4.78, 5) is 23.3. The van der Waals surface area contributed by atoms with Gasteiger partial charge in [-0.2, -0.15) is 5.10 Å². The highest BCUT2D eigenvalue weighted by atomic mass is 16.6. The van der Waals surface area contributed by atoms with Crippen LogP contribution in [0.1, 0.15) is 12.5 Å². The van der Waals surface area contributed by atoms with Crippen LogP contribution in [0.25, 0.3) is 10.8 Å². The molecule has 3 aromatic rings. The Labute approximate surface area is 174 Å². The molecule has 0 aromatic heterocycles. The van der Waals surface area contributed by atoms with Crippen LogP contribution in [0.5, 0.6) is 5.75 Å². The van der Waals surface area contributed by atoms with E-state index in [2.05, 4.69) is 15.8 Å². The Bertz CT molecular complexity index is 1030. The largest absolute Gasteiger partial charge is 0.482 e. The third kappa shape index (κ3) is 6.07. The summed E-state index contributed by atoms with van der Waals surface area (Å²) in [5.74, 6) is -0.125. The Morgan fingerprint density at radius 2 is 1.77 bits per heavy atom. The van der Waals surface area contributed by atoms with Gasteiger partial charge in [0.05, 0.1) is 19.4 Å². The normalized spacial score (nSPS) is 10.7. The summed E-state index contributed by atoms with van der Waals surface area (Å²) in [5, 5.41) is 9.26. The molecule has 154 valence electrons. The molecule has 0 bridgehead atoms. The maximum Gasteiger partial charge on any atom is 0.344 e. The maximum absolute atomic E-state index is 12.0. The summed E-state index contributed by atoms with van der Waals surface area (Å²) in [6, 6.07) is 20.8. The number of carbonyl (C=O) groups is 2. The summed E-state index contributed by atoms with van der Waals surface area (Å²) in [6.07, 6.45) is 1.53. The molecule has 0 unspecified atom stereocenters. The standard InChI is InChI=1S/C23H23N3O4/c1-2-29-23(28)16-30-19-12-10-17(11-13-19)14-25-26-22(27)15-24-21-9-5-7-18-6-3-4-8-20(18)21/h3-14,24H,2,15-16H2,1H3,(H,26,27)/b25-14-. The minimum atomic E-state index is -0.414. The number of esters is 1. The van der Waals surface area contributed by atoms with E-state index < -0.39 is 5.97 Å². The molecular weight excluding hydrogens is 382 g/mol. The molecule has 0 fully saturated rings. The van der Waals surface area contributed by atoms with E-state index >= 15 is 0 Å². The highest BCUT2D eigenvalue weighted by molar-refractivity contribution is 5.95. The molecule has 30 heavy (non-hydrogen) atoms. The van der Waals surface area contributed by atoms with Gasteiger partial charge in [-0.15, -0.1) is 0 Å². The lowest BCUT2D eigenvalue weighted by Gasteiger charge is -2.08. The van der Waals surface area contributed by atoms with Crippen LogP contribution in [0, 0.1) is 0 Å². The van der Waals surface area contributed by atoms with Gasteiger partial charge >= 0.3 is 5.97 Å². The SMILES string of the molecule is CCOC(=O)COc1ccc(/C=N\NC(=O)CNc2cccc3ccccc23)cc1. The highest BCUT2D eigenvalue weighted by Gasteiger charge is 2.04. The van der Waals surface area contributed by atoms with Crippen molar-refractivity contribution >= 4 is 34.6 Å². The van der Waals surface area contributed by atoms with Crippen molar-refractivity contribution in [1.82, 2.24) is 5.43 Å². The quantitative estimate of drug-likeness (QED) is 0.324. The van der Waals surface area contributed by atoms with Gasteiger partial charge in [0.15, 0.2) is 6.61 Å². The first-order valence-electron chi connectivity index (χ1n) is 9.57. The predicted molar refractivity (Wildman–Crippen MR) is 117 cm³/mol. The average Bonchev–Trinajstić information content (AvgIpc) is 2.77. The molecule has 7 nitrogen and oxygen atoms in total. The van der Waals surface area contributed by atoms with Crippen LogP contribution in [0.4, 0.5) is 5.69 Å². The first-order valence-corrected chi connectivity index (χ1v) is 9.57. The second kappa shape index (κ2) is 10.6. The Hall–Kier alpha value is -3.87. The van der Waals surface area contributed by atoms with Crippen molar-refractivity contribution in [3.8, 4) is 5.75 Å². The highest BCUT2D eigenvalue weighted by Crippen LogP contribution is 2.22. The first-order chi connectivity index (χ1) is 14.7. The fourth-order valence-corrected chi connectivity index (χ4v) is 2.77. The number of carbonyl (C=O) groups excluding carboxylic acids is 2. The van der Waals surface area contributed by atoms with Gasteiger partial charge in [-0.3, -0.25) is 4.79 Å². The van der Waals surface area contributed by atoms with Crippen LogP contribution in [0.3, 0.4) is 0 Å². The molecule has 0 aliphatic heterocycles. The van der Waals surface area contributed by atoms with E-state index in [1.807, 2.05) is 42.5 Å². The summed E-state index contributed by atoms with van der Waals surface area (Å²) < 4.78 is 10.1. The second-order valence-corrected chi connectivity index (χ2v) is 6.34. The minimum Gasteiger partial charge on any atom is -0.482 e. The van der Waals surface area contributed by atoms with Gasteiger partial charge in [-0.05, 0) is 48.2 Å². The number of amides is 1. The number of hydrogen-bond acceptors (Lipinski definition) is 6. The fraction of sp³-hybridized carbons (Fsp3) is 0.174. The van der Waals surface area contributed by atoms with Gasteiger partial charge in [0, 0.05) is 11.1 Å². The van der Waals surface area contributed by atoms with Crippen LogP contribution in [0.2, 0.25) is 0 Å². The lowest BCUT2D eigenvalue weighted by Crippen LogP contribution is -2.25. The Morgan fingerprint density at radius 1 is 1.00 bits per heavy atom. The Kier molecular flexibility index (Phi) is 7.38. The number of nitrogens with zero attached hydrogens (tertiary/aromatic N) is 1. The summed E-state index contributed by atoms with van der Waals surface area (Å²) in [6.45, 7) is 2.03. The van der Waals surface area contributed by atoms with Crippen LogP contribution in [-0.2, 0) is 14.3 Å². The zero-order valence-electron chi connectivity index (χ0n) is 16.6. The van der Waals surface area contributed by atoms with E-state index in [4.69, 9.17) is 9.47 Å². The Balaban J connectivity index is 1.45. The van der Waals surface area contributed by atoms with Gasteiger partial charge in [0.2, 0.25) is 0 Å². The number of hydrogen-bond donors (Lipinski definition) is 2. The molecule has 0 aliphatic rings. The van der Waals surface area contributed by atoms with E-state index in [9.17, 15) is 9.59 Å². The fourth-order valence-electron chi connectivity index (χ4n) is 2.77. The third-order valence-corrected chi connectivity index (χ3v) is 4.17. The molecule has 0 radical (unpaired) electrons. The van der Waals surface area contributed by atoms with E-state index in [0.29, 0.717) is 12.4 Å². The maximum atomic E-state index is 12.0. The van der Waals surface area contributed by atoms with E-state index in [1.165, 1.54) is 6.21 Å². The molecule has 3 aromatic carbocycles. The number of benzene rings is 3. The van der Waals surface area contributed by atoms with Gasteiger partial charge in [-0.25, -0.2) is 10.2 Å². The average molecular weight is 405 g/mol. The molecule has 0 saturated carbocycles. The molecule has 0 heterocycles. The van der Waals surface area contributed by atoms with Crippen molar-refractivity contribution in [2.75, 3.05) is 25.1 Å². The number of anilines is 1. The Morgan fingerprint density at radius 3 is 2.57 bits per heavy atom. The van der Waals surface area contributed by atoms with Crippen molar-refractivity contribution < 1.29 is 19.1 Å². The lowest BCUT2D eigenvalue weighted by molar-refractivity contribution is -0.145. The molecule has 1 amide bonds. The van der Waals surface area contributed by atoms with Gasteiger partial charge < -0.3 is 14.8 Å². The molecule has 0 spiro atoms. The van der Waals surface area contributed by atoms with Crippen LogP contribution in [0.15, 0.2) is 71.8 Å². The zero-order valence-corrected chi connectivity index (χ0v) is 16.6. The summed E-state index contributed by atoms with van der Waals surface area (Å²) in [7, 11) is 0. The lowest BCUT2D eigenvalue weighted by atomic mass is 10.1. The zero-order chi connectivity index (χ0) is 21.2. The van der Waals surface area contributed by atoms with E-state index in [0.717, 1.165) is 22.0 Å². The van der Waals surface area contributed by atoms with Gasteiger partial charge in [-0.1, -0.05) is 36.4 Å². The van der Waals surface area contributed by atoms with Crippen LogP contribution < -0.4 is 15.5 Å². The van der Waals surface area contributed by atoms with Crippen LogP contribution in [-0.4, -0.2) is 37.8 Å². The summed E-state index contributed by atoms with van der Waals surface area (Å²) in [5.41, 5.74) is 4.17. The molecular formula is C23H23N3O4. The van der Waals surface area contributed by atoms with Crippen molar-refractivity contribution in [2.24, 2.45) is 5.10 Å². The van der Waals surface area contributed by atoms with Crippen LogP contribution >= 0.6 is 0 Å². The van der Waals surface area contributed by atoms with Crippen molar-refractivity contribution in [2.45, 2.75) is 6.92 Å². The molecule has 0 saturated heterocycles. The van der Waals surface area contributed by atoms with Crippen molar-refractivity contribution in [3.05, 3.63) is 72.3 Å². The third-order valence-electron chi connectivity index (χ3n) is 4.17. The van der Waals surface area contributed by atoms with Gasteiger partial charge in [0.1, 0.15) is 5.75 Å². The topological polar surface area (TPSA) is 89.0 Å². The van der Waals surface area contributed by atoms with Crippen molar-refractivity contribution in [1.29, 1.82) is 0 Å². The van der Waals surface area contributed by atoms with E-state index in [-0.39, 0.29) is 19.1 Å². The predicted octanol–water partition coefficient (Wildman–Crippen LogP) is 3.34. The first kappa shape index (κ1) is 20.9. The van der Waals surface area contributed by atoms with Gasteiger partial charge in [0.25, 0.3) is 5.91 Å². The molecule has 2 N–H and O–H groups in total. The number of nitrogens with one attached hydrogen (secondary N) is 2. The van der Waals surface area contributed by atoms with E-state index in [1.54, 1.807) is 31.2 Å². The molecule has 7 heteroatoms. The monoisotopic (exact) mass is 405 g/mol. The second-order valence-electron chi connectivity index (χ2n) is 6.34. The minimum absolute atomic E-state index is 0.103. The molecule has 0 atom stereocenters. The van der Waals surface area contributed by atoms with Crippen molar-refractivity contribution in [3.63, 3.8) is 0 Å².